The number of aromatic nitrogens is 2. The molecule has 9 heteroatoms. The van der Waals surface area contributed by atoms with Crippen LogP contribution >= 0.6 is 17.0 Å². The van der Waals surface area contributed by atoms with Gasteiger partial charge >= 0.3 is 6.18 Å². The number of rotatable bonds is 4. The van der Waals surface area contributed by atoms with Gasteiger partial charge in [0.25, 0.3) is 0 Å². The van der Waals surface area contributed by atoms with Crippen molar-refractivity contribution in [3.05, 3.63) is 65.5 Å². The second-order valence-corrected chi connectivity index (χ2v) is 7.97. The zero-order valence-electron chi connectivity index (χ0n) is 17.4. The standard InChI is InChI=1S/C23H23F3N4O.BrH/c24-23(25,26)18-2-1-3-20(13-18)30-9-7-29(8-10-30)15-19-14-27-22(28-19)17-4-5-21-16(12-17)6-11-31-21;/h1-5,12-14H,6-11,15H2,(H,27,28);1H. The lowest BCUT2D eigenvalue weighted by Crippen LogP contribution is -2.46. The molecular formula is C23H24BrF3N4O. The predicted octanol–water partition coefficient (Wildman–Crippen LogP) is 4.93. The third-order valence-corrected chi connectivity index (χ3v) is 5.89. The van der Waals surface area contributed by atoms with Crippen molar-refractivity contribution in [1.82, 2.24) is 14.9 Å². The first-order valence-electron chi connectivity index (χ1n) is 10.4. The summed E-state index contributed by atoms with van der Waals surface area (Å²) in [5, 5.41) is 0. The summed E-state index contributed by atoms with van der Waals surface area (Å²) in [4.78, 5) is 12.3. The number of alkyl halides is 3. The zero-order valence-corrected chi connectivity index (χ0v) is 19.1. The molecule has 0 unspecified atom stereocenters. The number of aromatic amines is 1. The van der Waals surface area contributed by atoms with Crippen molar-refractivity contribution in [3.8, 4) is 17.1 Å². The number of nitrogens with zero attached hydrogens (tertiary/aromatic N) is 3. The molecule has 0 atom stereocenters. The van der Waals surface area contributed by atoms with Gasteiger partial charge in [-0.3, -0.25) is 4.90 Å². The number of piperazine rings is 1. The maximum absolute atomic E-state index is 13.0. The number of hydrogen-bond donors (Lipinski definition) is 1. The highest BCUT2D eigenvalue weighted by Crippen LogP contribution is 2.32. The third-order valence-electron chi connectivity index (χ3n) is 5.89. The normalized spacial score (nSPS) is 16.4. The van der Waals surface area contributed by atoms with Gasteiger partial charge in [-0.2, -0.15) is 13.2 Å². The van der Waals surface area contributed by atoms with Crippen molar-refractivity contribution in [2.45, 2.75) is 19.1 Å². The van der Waals surface area contributed by atoms with E-state index in [1.165, 1.54) is 17.7 Å². The Morgan fingerprint density at radius 2 is 1.84 bits per heavy atom. The number of imidazole rings is 1. The summed E-state index contributed by atoms with van der Waals surface area (Å²) in [5.74, 6) is 1.79. The van der Waals surface area contributed by atoms with E-state index in [0.717, 1.165) is 55.0 Å². The molecule has 1 aromatic heterocycles. The Hall–Kier alpha value is -2.52. The molecule has 0 aliphatic carbocycles. The molecule has 1 N–H and O–H groups in total. The second kappa shape index (κ2) is 9.15. The Morgan fingerprint density at radius 1 is 1.03 bits per heavy atom. The van der Waals surface area contributed by atoms with Crippen molar-refractivity contribution in [3.63, 3.8) is 0 Å². The molecule has 5 nitrogen and oxygen atoms in total. The highest BCUT2D eigenvalue weighted by Gasteiger charge is 2.31. The minimum atomic E-state index is -4.32. The van der Waals surface area contributed by atoms with Crippen LogP contribution in [0.15, 0.2) is 48.7 Å². The molecular weight excluding hydrogens is 485 g/mol. The highest BCUT2D eigenvalue weighted by molar-refractivity contribution is 8.93. The SMILES string of the molecule is Br.FC(F)(F)c1cccc(N2CCN(Cc3c[nH]c(-c4ccc5c(c4)CCO5)n3)CC2)c1. The van der Waals surface area contributed by atoms with E-state index in [0.29, 0.717) is 25.3 Å². The van der Waals surface area contributed by atoms with Crippen molar-refractivity contribution in [1.29, 1.82) is 0 Å². The number of halogens is 4. The van der Waals surface area contributed by atoms with Crippen LogP contribution < -0.4 is 9.64 Å². The van der Waals surface area contributed by atoms with Crippen LogP contribution in [-0.4, -0.2) is 47.7 Å². The quantitative estimate of drug-likeness (QED) is 0.542. The van der Waals surface area contributed by atoms with E-state index >= 15 is 0 Å². The topological polar surface area (TPSA) is 44.4 Å². The summed E-state index contributed by atoms with van der Waals surface area (Å²) < 4.78 is 44.5. The van der Waals surface area contributed by atoms with Gasteiger partial charge in [0, 0.05) is 56.6 Å². The number of fused-ring (bicyclic) bond motifs is 1. The van der Waals surface area contributed by atoms with Gasteiger partial charge in [-0.1, -0.05) is 6.07 Å². The Balaban J connectivity index is 0.00000245. The Morgan fingerprint density at radius 3 is 2.62 bits per heavy atom. The first-order chi connectivity index (χ1) is 15.0. The monoisotopic (exact) mass is 508 g/mol. The molecule has 32 heavy (non-hydrogen) atoms. The minimum absolute atomic E-state index is 0. The van der Waals surface area contributed by atoms with E-state index < -0.39 is 11.7 Å². The van der Waals surface area contributed by atoms with Crippen molar-refractivity contribution in [2.75, 3.05) is 37.7 Å². The smallest absolute Gasteiger partial charge is 0.416 e. The van der Waals surface area contributed by atoms with Gasteiger partial charge in [0.1, 0.15) is 11.6 Å². The van der Waals surface area contributed by atoms with E-state index in [1.807, 2.05) is 23.2 Å². The number of nitrogens with one attached hydrogen (secondary N) is 1. The molecule has 0 bridgehead atoms. The molecule has 0 spiro atoms. The average Bonchev–Trinajstić information content (AvgIpc) is 3.42. The number of H-pyrrole nitrogens is 1. The molecule has 5 rings (SSSR count). The predicted molar refractivity (Wildman–Crippen MR) is 122 cm³/mol. The van der Waals surface area contributed by atoms with Crippen LogP contribution in [0.4, 0.5) is 18.9 Å². The third kappa shape index (κ3) is 4.78. The molecule has 0 radical (unpaired) electrons. The first kappa shape index (κ1) is 22.7. The van der Waals surface area contributed by atoms with Gasteiger partial charge in [-0.25, -0.2) is 4.98 Å². The van der Waals surface area contributed by atoms with Crippen LogP contribution in [0, 0.1) is 0 Å². The number of anilines is 1. The summed E-state index contributed by atoms with van der Waals surface area (Å²) in [6.45, 7) is 4.35. The lowest BCUT2D eigenvalue weighted by Gasteiger charge is -2.36. The van der Waals surface area contributed by atoms with Crippen LogP contribution in [0.1, 0.15) is 16.8 Å². The Bertz CT molecular complexity index is 1080. The van der Waals surface area contributed by atoms with Crippen LogP contribution in [0.2, 0.25) is 0 Å². The van der Waals surface area contributed by atoms with Crippen LogP contribution in [0.5, 0.6) is 5.75 Å². The molecule has 3 aromatic rings. The molecule has 1 fully saturated rings. The molecule has 2 aliphatic rings. The molecule has 170 valence electrons. The van der Waals surface area contributed by atoms with E-state index in [9.17, 15) is 13.2 Å². The number of benzene rings is 2. The van der Waals surface area contributed by atoms with Gasteiger partial charge < -0.3 is 14.6 Å². The van der Waals surface area contributed by atoms with E-state index in [4.69, 9.17) is 9.72 Å². The van der Waals surface area contributed by atoms with Crippen LogP contribution in [0.25, 0.3) is 11.4 Å². The van der Waals surface area contributed by atoms with Gasteiger partial charge in [0.15, 0.2) is 0 Å². The second-order valence-electron chi connectivity index (χ2n) is 7.97. The Labute approximate surface area is 195 Å². The zero-order chi connectivity index (χ0) is 21.4. The van der Waals surface area contributed by atoms with E-state index in [-0.39, 0.29) is 17.0 Å². The van der Waals surface area contributed by atoms with E-state index in [2.05, 4.69) is 16.0 Å². The summed E-state index contributed by atoms with van der Waals surface area (Å²) >= 11 is 0. The van der Waals surface area contributed by atoms with Crippen LogP contribution in [-0.2, 0) is 19.1 Å². The summed E-state index contributed by atoms with van der Waals surface area (Å²) in [6, 6.07) is 11.7. The average molecular weight is 509 g/mol. The molecule has 0 saturated carbocycles. The summed E-state index contributed by atoms with van der Waals surface area (Å²) in [6.07, 6.45) is -1.47. The van der Waals surface area contributed by atoms with Crippen LogP contribution in [0.3, 0.4) is 0 Å². The van der Waals surface area contributed by atoms with E-state index in [1.54, 1.807) is 6.07 Å². The maximum Gasteiger partial charge on any atom is 0.416 e. The fraction of sp³-hybridized carbons (Fsp3) is 0.348. The molecule has 1 saturated heterocycles. The molecule has 3 heterocycles. The maximum atomic E-state index is 13.0. The lowest BCUT2D eigenvalue weighted by molar-refractivity contribution is -0.137. The summed E-state index contributed by atoms with van der Waals surface area (Å²) in [5.41, 5.74) is 3.23. The van der Waals surface area contributed by atoms with Gasteiger partial charge in [0.2, 0.25) is 0 Å². The largest absolute Gasteiger partial charge is 0.493 e. The summed E-state index contributed by atoms with van der Waals surface area (Å²) in [7, 11) is 0. The fourth-order valence-electron chi connectivity index (χ4n) is 4.19. The Kier molecular flexibility index (Phi) is 6.48. The van der Waals surface area contributed by atoms with Crippen molar-refractivity contribution >= 4 is 22.7 Å². The lowest BCUT2D eigenvalue weighted by atomic mass is 10.1. The van der Waals surface area contributed by atoms with Crippen molar-refractivity contribution in [2.24, 2.45) is 0 Å². The molecule has 0 amide bonds. The minimum Gasteiger partial charge on any atom is -0.493 e. The molecule has 2 aliphatic heterocycles. The van der Waals surface area contributed by atoms with Gasteiger partial charge in [-0.05, 0) is 42.0 Å². The van der Waals surface area contributed by atoms with Crippen molar-refractivity contribution < 1.29 is 17.9 Å². The number of ether oxygens (including phenoxy) is 1. The fourth-order valence-corrected chi connectivity index (χ4v) is 4.19. The van der Waals surface area contributed by atoms with Gasteiger partial charge in [0.05, 0.1) is 17.9 Å². The van der Waals surface area contributed by atoms with Gasteiger partial charge in [-0.15, -0.1) is 17.0 Å². The number of hydrogen-bond acceptors (Lipinski definition) is 4. The molecule has 2 aromatic carbocycles. The first-order valence-corrected chi connectivity index (χ1v) is 10.4. The highest BCUT2D eigenvalue weighted by atomic mass is 79.9.